The third-order valence-corrected chi connectivity index (χ3v) is 9.93. The Morgan fingerprint density at radius 2 is 1.67 bits per heavy atom. The second-order valence-corrected chi connectivity index (χ2v) is 12.3. The summed E-state index contributed by atoms with van der Waals surface area (Å²) in [7, 11) is -6.84. The molecule has 166 valence electrons. The smallest absolute Gasteiger partial charge is 0.243 e. The van der Waals surface area contributed by atoms with Crippen LogP contribution in [0.2, 0.25) is 0 Å². The fourth-order valence-corrected chi connectivity index (χ4v) is 8.01. The lowest BCUT2D eigenvalue weighted by atomic mass is 10.1. The van der Waals surface area contributed by atoms with Gasteiger partial charge in [-0.3, -0.25) is 9.69 Å². The van der Waals surface area contributed by atoms with Gasteiger partial charge in [0.2, 0.25) is 15.9 Å². The first-order valence-electron chi connectivity index (χ1n) is 10.2. The molecular weight excluding hydrogens is 433 g/mol. The number of benzene rings is 1. The molecule has 1 aromatic rings. The Hall–Kier alpha value is -1.56. The van der Waals surface area contributed by atoms with Crippen LogP contribution in [0.5, 0.6) is 0 Å². The van der Waals surface area contributed by atoms with E-state index in [2.05, 4.69) is 4.90 Å². The van der Waals surface area contributed by atoms with E-state index in [1.165, 1.54) is 16.4 Å². The van der Waals surface area contributed by atoms with Crippen molar-refractivity contribution < 1.29 is 26.0 Å². The first kappa shape index (κ1) is 21.7. The van der Waals surface area contributed by atoms with Crippen LogP contribution in [0.4, 0.5) is 4.39 Å². The van der Waals surface area contributed by atoms with Crippen LogP contribution in [-0.4, -0.2) is 93.2 Å². The molecule has 3 aliphatic heterocycles. The fourth-order valence-electron chi connectivity index (χ4n) is 4.60. The highest BCUT2D eigenvalue weighted by molar-refractivity contribution is 7.91. The van der Waals surface area contributed by atoms with Crippen molar-refractivity contribution in [1.82, 2.24) is 14.1 Å². The van der Waals surface area contributed by atoms with Gasteiger partial charge < -0.3 is 4.90 Å². The Kier molecular flexibility index (Phi) is 5.90. The van der Waals surface area contributed by atoms with E-state index in [-0.39, 0.29) is 34.9 Å². The quantitative estimate of drug-likeness (QED) is 0.643. The molecule has 11 heteroatoms. The number of amides is 1. The number of halogens is 1. The van der Waals surface area contributed by atoms with Gasteiger partial charge in [-0.25, -0.2) is 21.2 Å². The van der Waals surface area contributed by atoms with Crippen molar-refractivity contribution in [2.24, 2.45) is 0 Å². The maximum Gasteiger partial charge on any atom is 0.243 e. The lowest BCUT2D eigenvalue weighted by Gasteiger charge is -2.39. The van der Waals surface area contributed by atoms with Crippen LogP contribution in [0.15, 0.2) is 29.2 Å². The molecule has 3 heterocycles. The minimum Gasteiger partial charge on any atom is -0.339 e. The van der Waals surface area contributed by atoms with E-state index in [0.717, 1.165) is 12.1 Å². The summed E-state index contributed by atoms with van der Waals surface area (Å²) in [6.45, 7) is 2.34. The number of rotatable bonds is 4. The summed E-state index contributed by atoms with van der Waals surface area (Å²) in [5.74, 6) is -0.338. The molecule has 3 aliphatic rings. The first-order chi connectivity index (χ1) is 14.2. The molecule has 3 fully saturated rings. The van der Waals surface area contributed by atoms with Crippen molar-refractivity contribution in [3.63, 3.8) is 0 Å². The molecule has 0 aromatic heterocycles. The number of hydrogen-bond acceptors (Lipinski definition) is 6. The van der Waals surface area contributed by atoms with Crippen molar-refractivity contribution in [2.45, 2.75) is 36.2 Å². The van der Waals surface area contributed by atoms with Gasteiger partial charge in [0.15, 0.2) is 9.84 Å². The highest BCUT2D eigenvalue weighted by atomic mass is 32.2. The Morgan fingerprint density at radius 3 is 2.27 bits per heavy atom. The maximum absolute atomic E-state index is 13.2. The number of nitrogens with zero attached hydrogens (tertiary/aromatic N) is 3. The molecule has 4 rings (SSSR count). The summed E-state index contributed by atoms with van der Waals surface area (Å²) in [6.07, 6.45) is 1.68. The summed E-state index contributed by atoms with van der Waals surface area (Å²) in [5, 5.41) is 0. The van der Waals surface area contributed by atoms with E-state index in [0.29, 0.717) is 45.4 Å². The lowest BCUT2D eigenvalue weighted by molar-refractivity contribution is -0.136. The zero-order valence-electron chi connectivity index (χ0n) is 16.6. The number of carbonyl (C=O) groups excluding carboxylic acids is 1. The van der Waals surface area contributed by atoms with Gasteiger partial charge in [-0.05, 0) is 43.5 Å². The van der Waals surface area contributed by atoms with Crippen molar-refractivity contribution in [3.05, 3.63) is 30.1 Å². The minimum absolute atomic E-state index is 0.00841. The molecule has 0 saturated carbocycles. The number of sulfone groups is 1. The zero-order valence-corrected chi connectivity index (χ0v) is 18.2. The number of carbonyl (C=O) groups is 1. The molecule has 30 heavy (non-hydrogen) atoms. The highest BCUT2D eigenvalue weighted by Crippen LogP contribution is 2.28. The van der Waals surface area contributed by atoms with E-state index in [1.807, 2.05) is 0 Å². The van der Waals surface area contributed by atoms with Gasteiger partial charge in [0.05, 0.1) is 16.4 Å². The molecule has 8 nitrogen and oxygen atoms in total. The molecular formula is C19H26FN3O5S2. The standard InChI is InChI=1S/C19H26FN3O5S2/c20-15-3-5-17(6-4-15)30(27,28)23-8-1-2-18(23)19(24)22-11-9-21(10-12-22)16-7-13-29(25,26)14-16/h3-6,16,18H,1-2,7-14H2/t16-,18+/m1/s1. The topological polar surface area (TPSA) is 95.1 Å². The predicted octanol–water partition coefficient (Wildman–Crippen LogP) is 0.310. The Labute approximate surface area is 176 Å². The summed E-state index contributed by atoms with van der Waals surface area (Å²) in [5.41, 5.74) is 0. The summed E-state index contributed by atoms with van der Waals surface area (Å²) in [4.78, 5) is 16.9. The molecule has 0 aliphatic carbocycles. The average molecular weight is 460 g/mol. The predicted molar refractivity (Wildman–Crippen MR) is 109 cm³/mol. The van der Waals surface area contributed by atoms with Gasteiger partial charge in [-0.1, -0.05) is 0 Å². The van der Waals surface area contributed by atoms with Gasteiger partial charge in [-0.15, -0.1) is 0 Å². The van der Waals surface area contributed by atoms with E-state index in [1.54, 1.807) is 4.90 Å². The molecule has 0 bridgehead atoms. The number of hydrogen-bond donors (Lipinski definition) is 0. The number of piperazine rings is 1. The summed E-state index contributed by atoms with van der Waals surface area (Å²) in [6, 6.07) is 3.90. The molecule has 0 spiro atoms. The van der Waals surface area contributed by atoms with Gasteiger partial charge in [0.25, 0.3) is 0 Å². The van der Waals surface area contributed by atoms with E-state index >= 15 is 0 Å². The van der Waals surface area contributed by atoms with Crippen molar-refractivity contribution in [1.29, 1.82) is 0 Å². The lowest BCUT2D eigenvalue weighted by Crippen LogP contribution is -2.56. The van der Waals surface area contributed by atoms with Crippen LogP contribution in [0.1, 0.15) is 19.3 Å². The fraction of sp³-hybridized carbons (Fsp3) is 0.632. The second-order valence-electron chi connectivity index (χ2n) is 8.15. The van der Waals surface area contributed by atoms with Crippen molar-refractivity contribution in [2.75, 3.05) is 44.2 Å². The first-order valence-corrected chi connectivity index (χ1v) is 13.4. The molecule has 1 aromatic carbocycles. The van der Waals surface area contributed by atoms with Crippen molar-refractivity contribution in [3.8, 4) is 0 Å². The third kappa shape index (κ3) is 4.25. The molecule has 2 atom stereocenters. The SMILES string of the molecule is O=C([C@@H]1CCCN1S(=O)(=O)c1ccc(F)cc1)N1CCN([C@@H]2CCS(=O)(=O)C2)CC1. The number of sulfonamides is 1. The van der Waals surface area contributed by atoms with Crippen molar-refractivity contribution >= 4 is 25.8 Å². The molecule has 0 radical (unpaired) electrons. The van der Waals surface area contributed by atoms with E-state index in [9.17, 15) is 26.0 Å². The third-order valence-electron chi connectivity index (χ3n) is 6.26. The Bertz CT molecular complexity index is 1010. The van der Waals surface area contributed by atoms with E-state index in [4.69, 9.17) is 0 Å². The van der Waals surface area contributed by atoms with Crippen LogP contribution in [0, 0.1) is 5.82 Å². The summed E-state index contributed by atoms with van der Waals surface area (Å²) >= 11 is 0. The van der Waals surface area contributed by atoms with Crippen LogP contribution in [0.3, 0.4) is 0 Å². The monoisotopic (exact) mass is 459 g/mol. The molecule has 0 unspecified atom stereocenters. The highest BCUT2D eigenvalue weighted by Gasteiger charge is 2.42. The average Bonchev–Trinajstić information content (AvgIpc) is 3.35. The maximum atomic E-state index is 13.2. The zero-order chi connectivity index (χ0) is 21.5. The van der Waals surface area contributed by atoms with Gasteiger partial charge >= 0.3 is 0 Å². The Balaban J connectivity index is 1.41. The van der Waals surface area contributed by atoms with Gasteiger partial charge in [0, 0.05) is 38.8 Å². The molecule has 0 N–H and O–H groups in total. The van der Waals surface area contributed by atoms with Crippen LogP contribution >= 0.6 is 0 Å². The summed E-state index contributed by atoms with van der Waals surface area (Å²) < 4.78 is 63.9. The largest absolute Gasteiger partial charge is 0.339 e. The normalized spacial score (nSPS) is 28.1. The minimum atomic E-state index is -3.88. The molecule has 1 amide bonds. The van der Waals surface area contributed by atoms with Crippen LogP contribution in [0.25, 0.3) is 0 Å². The van der Waals surface area contributed by atoms with Gasteiger partial charge in [0.1, 0.15) is 11.9 Å². The van der Waals surface area contributed by atoms with Crippen LogP contribution < -0.4 is 0 Å². The van der Waals surface area contributed by atoms with E-state index < -0.39 is 31.7 Å². The van der Waals surface area contributed by atoms with Crippen LogP contribution in [-0.2, 0) is 24.7 Å². The van der Waals surface area contributed by atoms with Gasteiger partial charge in [-0.2, -0.15) is 4.31 Å². The Morgan fingerprint density at radius 1 is 1.00 bits per heavy atom. The molecule has 3 saturated heterocycles. The second kappa shape index (κ2) is 8.18.